The third-order valence-corrected chi connectivity index (χ3v) is 5.03. The maximum Gasteiger partial charge on any atom is 0.138 e. The van der Waals surface area contributed by atoms with Crippen molar-refractivity contribution in [2.24, 2.45) is 5.92 Å². The molecule has 2 atom stereocenters. The molecular weight excluding hydrogens is 248 g/mol. The molecule has 0 aliphatic heterocycles. The van der Waals surface area contributed by atoms with Crippen LogP contribution in [0.2, 0.25) is 0 Å². The maximum atomic E-state index is 12.1. The molecule has 1 rings (SSSR count). The highest BCUT2D eigenvalue weighted by Crippen LogP contribution is 2.36. The van der Waals surface area contributed by atoms with Crippen LogP contribution < -0.4 is 0 Å². The molecule has 2 nitrogen and oxygen atoms in total. The van der Waals surface area contributed by atoms with E-state index in [1.165, 1.54) is 51.4 Å². The molecule has 1 aliphatic rings. The smallest absolute Gasteiger partial charge is 0.138 e. The SMILES string of the molecule is CCCCCCCCCC(C)(OC)C1CCCCC1=O. The summed E-state index contributed by atoms with van der Waals surface area (Å²) in [4.78, 5) is 12.1. The van der Waals surface area contributed by atoms with Crippen molar-refractivity contribution in [1.29, 1.82) is 0 Å². The average Bonchev–Trinajstić information content (AvgIpc) is 2.46. The quantitative estimate of drug-likeness (QED) is 0.509. The summed E-state index contributed by atoms with van der Waals surface area (Å²) in [7, 11) is 1.78. The highest BCUT2D eigenvalue weighted by molar-refractivity contribution is 5.82. The Morgan fingerprint density at radius 2 is 1.75 bits per heavy atom. The van der Waals surface area contributed by atoms with Crippen molar-refractivity contribution in [1.82, 2.24) is 0 Å². The zero-order valence-corrected chi connectivity index (χ0v) is 13.9. The lowest BCUT2D eigenvalue weighted by molar-refractivity contribution is -0.138. The van der Waals surface area contributed by atoms with E-state index in [1.807, 2.05) is 0 Å². The maximum absolute atomic E-state index is 12.1. The van der Waals surface area contributed by atoms with Crippen molar-refractivity contribution in [3.8, 4) is 0 Å². The number of ketones is 1. The van der Waals surface area contributed by atoms with Gasteiger partial charge in [0.2, 0.25) is 0 Å². The summed E-state index contributed by atoms with van der Waals surface area (Å²) in [6.07, 6.45) is 14.3. The van der Waals surface area contributed by atoms with Gasteiger partial charge in [-0.15, -0.1) is 0 Å². The van der Waals surface area contributed by atoms with Crippen LogP contribution >= 0.6 is 0 Å². The molecule has 0 radical (unpaired) electrons. The molecule has 2 heteroatoms. The fraction of sp³-hybridized carbons (Fsp3) is 0.944. The van der Waals surface area contributed by atoms with Gasteiger partial charge < -0.3 is 4.74 Å². The molecule has 1 fully saturated rings. The first-order valence-corrected chi connectivity index (χ1v) is 8.72. The Morgan fingerprint density at radius 3 is 2.35 bits per heavy atom. The third-order valence-electron chi connectivity index (χ3n) is 5.03. The number of carbonyl (C=O) groups excluding carboxylic acids is 1. The average molecular weight is 282 g/mol. The van der Waals surface area contributed by atoms with Crippen molar-refractivity contribution >= 4 is 5.78 Å². The van der Waals surface area contributed by atoms with Crippen molar-refractivity contribution < 1.29 is 9.53 Å². The lowest BCUT2D eigenvalue weighted by Gasteiger charge is -2.38. The molecule has 0 N–H and O–H groups in total. The Labute approximate surface area is 125 Å². The van der Waals surface area contributed by atoms with Crippen LogP contribution in [-0.2, 0) is 9.53 Å². The minimum atomic E-state index is -0.221. The number of hydrogen-bond acceptors (Lipinski definition) is 2. The second kappa shape index (κ2) is 9.55. The number of methoxy groups -OCH3 is 1. The number of hydrogen-bond donors (Lipinski definition) is 0. The van der Waals surface area contributed by atoms with Crippen molar-refractivity contribution in [3.05, 3.63) is 0 Å². The first kappa shape index (κ1) is 17.7. The second-order valence-electron chi connectivity index (χ2n) is 6.65. The standard InChI is InChI=1S/C18H34O2/c1-4-5-6-7-8-9-12-15-18(2,20-3)16-13-10-11-14-17(16)19/h16H,4-15H2,1-3H3. The number of carbonyl (C=O) groups is 1. The minimum Gasteiger partial charge on any atom is -0.378 e. The van der Waals surface area contributed by atoms with E-state index in [2.05, 4.69) is 13.8 Å². The van der Waals surface area contributed by atoms with Crippen LogP contribution in [0, 0.1) is 5.92 Å². The Balaban J connectivity index is 2.28. The van der Waals surface area contributed by atoms with Gasteiger partial charge in [0, 0.05) is 19.4 Å². The minimum absolute atomic E-state index is 0.140. The fourth-order valence-electron chi connectivity index (χ4n) is 3.48. The first-order chi connectivity index (χ1) is 9.64. The summed E-state index contributed by atoms with van der Waals surface area (Å²) in [6.45, 7) is 4.41. The number of Topliss-reactive ketones (excluding diaryl/α,β-unsaturated/α-hetero) is 1. The fourth-order valence-corrected chi connectivity index (χ4v) is 3.48. The Bertz CT molecular complexity index is 275. The van der Waals surface area contributed by atoms with Gasteiger partial charge >= 0.3 is 0 Å². The van der Waals surface area contributed by atoms with Crippen LogP contribution in [0.4, 0.5) is 0 Å². The Morgan fingerprint density at radius 1 is 1.10 bits per heavy atom. The highest BCUT2D eigenvalue weighted by atomic mass is 16.5. The van der Waals surface area contributed by atoms with Gasteiger partial charge in [0.25, 0.3) is 0 Å². The summed E-state index contributed by atoms with van der Waals surface area (Å²) in [5, 5.41) is 0. The number of ether oxygens (including phenoxy) is 1. The Kier molecular flexibility index (Phi) is 8.44. The first-order valence-electron chi connectivity index (χ1n) is 8.72. The summed E-state index contributed by atoms with van der Waals surface area (Å²) in [5.41, 5.74) is -0.221. The predicted octanol–water partition coefficient (Wildman–Crippen LogP) is 5.29. The summed E-state index contributed by atoms with van der Waals surface area (Å²) < 4.78 is 5.77. The molecule has 0 spiro atoms. The molecule has 118 valence electrons. The molecule has 2 unspecified atom stereocenters. The number of rotatable bonds is 10. The molecule has 0 aromatic heterocycles. The molecule has 0 saturated heterocycles. The van der Waals surface area contributed by atoms with Gasteiger partial charge in [-0.25, -0.2) is 0 Å². The second-order valence-corrected chi connectivity index (χ2v) is 6.65. The summed E-state index contributed by atoms with van der Waals surface area (Å²) >= 11 is 0. The van der Waals surface area contributed by atoms with Gasteiger partial charge in [0.1, 0.15) is 5.78 Å². The van der Waals surface area contributed by atoms with Crippen LogP contribution in [0.3, 0.4) is 0 Å². The lowest BCUT2D eigenvalue weighted by Crippen LogP contribution is -2.43. The molecule has 1 saturated carbocycles. The monoisotopic (exact) mass is 282 g/mol. The summed E-state index contributed by atoms with van der Waals surface area (Å²) in [6, 6.07) is 0. The van der Waals surface area contributed by atoms with Crippen molar-refractivity contribution in [2.45, 2.75) is 96.5 Å². The van der Waals surface area contributed by atoms with E-state index in [0.717, 1.165) is 25.7 Å². The van der Waals surface area contributed by atoms with E-state index < -0.39 is 0 Å². The van der Waals surface area contributed by atoms with Gasteiger partial charge in [0.05, 0.1) is 5.60 Å². The van der Waals surface area contributed by atoms with Crippen LogP contribution in [0.1, 0.15) is 90.9 Å². The molecular formula is C18H34O2. The normalized spacial score (nSPS) is 22.8. The third kappa shape index (κ3) is 5.55. The Hall–Kier alpha value is -0.370. The van der Waals surface area contributed by atoms with Crippen molar-refractivity contribution in [3.63, 3.8) is 0 Å². The summed E-state index contributed by atoms with van der Waals surface area (Å²) in [5.74, 6) is 0.574. The largest absolute Gasteiger partial charge is 0.378 e. The molecule has 0 aromatic rings. The van der Waals surface area contributed by atoms with Crippen LogP contribution in [0.15, 0.2) is 0 Å². The topological polar surface area (TPSA) is 26.3 Å². The lowest BCUT2D eigenvalue weighted by atomic mass is 9.74. The zero-order chi connectivity index (χ0) is 14.8. The van der Waals surface area contributed by atoms with E-state index in [9.17, 15) is 4.79 Å². The van der Waals surface area contributed by atoms with Crippen LogP contribution in [-0.4, -0.2) is 18.5 Å². The van der Waals surface area contributed by atoms with E-state index in [-0.39, 0.29) is 11.5 Å². The molecule has 20 heavy (non-hydrogen) atoms. The molecule has 0 heterocycles. The van der Waals surface area contributed by atoms with Crippen LogP contribution in [0.25, 0.3) is 0 Å². The van der Waals surface area contributed by atoms with E-state index in [1.54, 1.807) is 7.11 Å². The highest BCUT2D eigenvalue weighted by Gasteiger charge is 2.39. The van der Waals surface area contributed by atoms with Gasteiger partial charge in [-0.1, -0.05) is 58.3 Å². The van der Waals surface area contributed by atoms with Gasteiger partial charge in [-0.3, -0.25) is 4.79 Å². The molecule has 0 amide bonds. The van der Waals surface area contributed by atoms with E-state index in [0.29, 0.717) is 5.78 Å². The van der Waals surface area contributed by atoms with Crippen molar-refractivity contribution in [2.75, 3.05) is 7.11 Å². The van der Waals surface area contributed by atoms with Gasteiger partial charge in [-0.2, -0.15) is 0 Å². The van der Waals surface area contributed by atoms with E-state index in [4.69, 9.17) is 4.74 Å². The number of unbranched alkanes of at least 4 members (excludes halogenated alkanes) is 6. The van der Waals surface area contributed by atoms with Gasteiger partial charge in [-0.05, 0) is 26.2 Å². The molecule has 1 aliphatic carbocycles. The molecule has 0 bridgehead atoms. The van der Waals surface area contributed by atoms with Crippen LogP contribution in [0.5, 0.6) is 0 Å². The molecule has 0 aromatic carbocycles. The van der Waals surface area contributed by atoms with E-state index >= 15 is 0 Å². The van der Waals surface area contributed by atoms with Gasteiger partial charge in [0.15, 0.2) is 0 Å². The zero-order valence-electron chi connectivity index (χ0n) is 13.9. The predicted molar refractivity (Wildman–Crippen MR) is 85.0 cm³/mol.